The number of rotatable bonds is 5. The van der Waals surface area contributed by atoms with Crippen molar-refractivity contribution in [1.82, 2.24) is 9.13 Å². The van der Waals surface area contributed by atoms with Crippen molar-refractivity contribution in [2.75, 3.05) is 29.9 Å². The number of hydrogen-bond donors (Lipinski definition) is 1. The molecule has 1 amide bonds. The summed E-state index contributed by atoms with van der Waals surface area (Å²) in [6, 6.07) is 10.9. The second-order valence-electron chi connectivity index (χ2n) is 8.87. The van der Waals surface area contributed by atoms with Crippen LogP contribution in [0.2, 0.25) is 0 Å². The van der Waals surface area contributed by atoms with Crippen LogP contribution in [-0.2, 0) is 23.6 Å². The van der Waals surface area contributed by atoms with Crippen LogP contribution in [0.1, 0.15) is 35.7 Å². The third kappa shape index (κ3) is 4.58. The number of nitrogens with zero attached hydrogens (tertiary/aromatic N) is 3. The Morgan fingerprint density at radius 2 is 1.60 bits per heavy atom. The van der Waals surface area contributed by atoms with Gasteiger partial charge in [-0.2, -0.15) is 0 Å². The fourth-order valence-corrected chi connectivity index (χ4v) is 4.60. The van der Waals surface area contributed by atoms with Crippen LogP contribution in [0.3, 0.4) is 0 Å². The second-order valence-corrected chi connectivity index (χ2v) is 8.87. The number of nitrogens with one attached hydrogen (secondary N) is 1. The zero-order valence-electron chi connectivity index (χ0n) is 20.5. The number of aryl methyl sites for hydroxylation is 3. The lowest BCUT2D eigenvalue weighted by Gasteiger charge is -2.34. The smallest absolute Gasteiger partial charge is 0.316 e. The van der Waals surface area contributed by atoms with Crippen LogP contribution in [0.4, 0.5) is 11.4 Å². The first-order chi connectivity index (χ1) is 16.7. The molecule has 1 aliphatic rings. The van der Waals surface area contributed by atoms with Gasteiger partial charge >= 0.3 is 17.1 Å². The molecule has 0 aliphatic carbocycles. The molecule has 1 N–H and O–H groups in total. The van der Waals surface area contributed by atoms with Gasteiger partial charge in [0.25, 0.3) is 5.91 Å². The number of amides is 1. The monoisotopic (exact) mass is 478 g/mol. The lowest BCUT2D eigenvalue weighted by atomic mass is 9.96. The molecule has 2 aromatic carbocycles. The fraction of sp³-hybridized carbons (Fsp3) is 0.385. The summed E-state index contributed by atoms with van der Waals surface area (Å²) in [7, 11) is 3.11. The summed E-state index contributed by atoms with van der Waals surface area (Å²) in [5.74, 6) is -0.613. The summed E-state index contributed by atoms with van der Waals surface area (Å²) in [5, 5.41) is 3.02. The number of carbonyl (C=O) groups is 2. The highest BCUT2D eigenvalue weighted by molar-refractivity contribution is 6.08. The zero-order valence-corrected chi connectivity index (χ0v) is 20.5. The normalized spacial score (nSPS) is 14.2. The van der Waals surface area contributed by atoms with E-state index in [1.807, 2.05) is 31.2 Å². The predicted octanol–water partition coefficient (Wildman–Crippen LogP) is 2.58. The number of esters is 1. The molecule has 1 fully saturated rings. The summed E-state index contributed by atoms with van der Waals surface area (Å²) in [6.07, 6.45) is 1.24. The Bertz CT molecular complexity index is 1410. The maximum Gasteiger partial charge on any atom is 0.316 e. The maximum absolute atomic E-state index is 13.2. The Balaban J connectivity index is 1.78. The molecule has 0 saturated carbocycles. The zero-order chi connectivity index (χ0) is 25.3. The van der Waals surface area contributed by atoms with Crippen LogP contribution in [0, 0.1) is 12.8 Å². The van der Waals surface area contributed by atoms with Gasteiger partial charge in [0.05, 0.1) is 34.9 Å². The molecular formula is C26H30N4O5. The fourth-order valence-electron chi connectivity index (χ4n) is 4.60. The minimum absolute atomic E-state index is 0.165. The van der Waals surface area contributed by atoms with Crippen molar-refractivity contribution in [3.8, 4) is 0 Å². The summed E-state index contributed by atoms with van der Waals surface area (Å²) in [4.78, 5) is 52.4. The van der Waals surface area contributed by atoms with E-state index in [-0.39, 0.29) is 17.8 Å². The number of hydrogen-bond acceptors (Lipinski definition) is 6. The molecule has 0 unspecified atom stereocenters. The average Bonchev–Trinajstić information content (AvgIpc) is 2.86. The van der Waals surface area contributed by atoms with Gasteiger partial charge in [-0.1, -0.05) is 18.2 Å². The van der Waals surface area contributed by atoms with Gasteiger partial charge in [-0.3, -0.25) is 19.2 Å². The Kier molecular flexibility index (Phi) is 6.77. The van der Waals surface area contributed by atoms with E-state index in [9.17, 15) is 19.2 Å². The molecule has 0 radical (unpaired) electrons. The molecule has 35 heavy (non-hydrogen) atoms. The molecule has 0 atom stereocenters. The van der Waals surface area contributed by atoms with Crippen molar-refractivity contribution in [3.05, 3.63) is 68.2 Å². The molecule has 184 valence electrons. The molecule has 9 heteroatoms. The molecule has 3 aromatic rings. The number of piperidine rings is 1. The molecule has 2 heterocycles. The van der Waals surface area contributed by atoms with E-state index in [4.69, 9.17) is 4.74 Å². The van der Waals surface area contributed by atoms with Crippen LogP contribution in [0.15, 0.2) is 46.0 Å². The van der Waals surface area contributed by atoms with Gasteiger partial charge in [0.2, 0.25) is 0 Å². The first kappa shape index (κ1) is 24.3. The number of carbonyl (C=O) groups excluding carboxylic acids is 2. The van der Waals surface area contributed by atoms with E-state index < -0.39 is 11.1 Å². The predicted molar refractivity (Wildman–Crippen MR) is 135 cm³/mol. The van der Waals surface area contributed by atoms with Crippen molar-refractivity contribution in [1.29, 1.82) is 0 Å². The van der Waals surface area contributed by atoms with E-state index >= 15 is 0 Å². The van der Waals surface area contributed by atoms with E-state index in [2.05, 4.69) is 10.2 Å². The van der Waals surface area contributed by atoms with E-state index in [0.29, 0.717) is 54.8 Å². The summed E-state index contributed by atoms with van der Waals surface area (Å²) < 4.78 is 7.82. The summed E-state index contributed by atoms with van der Waals surface area (Å²) in [5.41, 5.74) is 2.51. The van der Waals surface area contributed by atoms with Crippen LogP contribution < -0.4 is 21.3 Å². The summed E-state index contributed by atoms with van der Waals surface area (Å²) >= 11 is 0. The van der Waals surface area contributed by atoms with Gasteiger partial charge in [-0.15, -0.1) is 0 Å². The Morgan fingerprint density at radius 3 is 2.20 bits per heavy atom. The largest absolute Gasteiger partial charge is 0.466 e. The Hall–Kier alpha value is -3.88. The highest BCUT2D eigenvalue weighted by Gasteiger charge is 2.28. The molecule has 0 bridgehead atoms. The molecule has 4 rings (SSSR count). The summed E-state index contributed by atoms with van der Waals surface area (Å²) in [6.45, 7) is 5.19. The number of benzene rings is 2. The number of ether oxygens (including phenoxy) is 1. The lowest BCUT2D eigenvalue weighted by Crippen LogP contribution is -2.40. The first-order valence-electron chi connectivity index (χ1n) is 11.7. The highest BCUT2D eigenvalue weighted by Crippen LogP contribution is 2.34. The Morgan fingerprint density at radius 1 is 1.00 bits per heavy atom. The van der Waals surface area contributed by atoms with Crippen molar-refractivity contribution in [2.45, 2.75) is 26.7 Å². The average molecular weight is 479 g/mol. The van der Waals surface area contributed by atoms with Crippen molar-refractivity contribution < 1.29 is 14.3 Å². The second kappa shape index (κ2) is 9.77. The molecule has 9 nitrogen and oxygen atoms in total. The molecule has 1 aliphatic heterocycles. The quantitative estimate of drug-likeness (QED) is 0.447. The minimum atomic E-state index is -0.640. The van der Waals surface area contributed by atoms with Gasteiger partial charge in [0.15, 0.2) is 0 Å². The van der Waals surface area contributed by atoms with Gasteiger partial charge in [-0.05, 0) is 50.5 Å². The SMILES string of the molecule is CCOC(=O)C1CCN(c2cc3c(cc2NC(=O)c2ccccc2C)n(C)c(=O)c(=O)n3C)CC1. The number of anilines is 2. The van der Waals surface area contributed by atoms with Crippen LogP contribution in [0.5, 0.6) is 0 Å². The topological polar surface area (TPSA) is 103 Å². The van der Waals surface area contributed by atoms with E-state index in [1.54, 1.807) is 33.2 Å². The molecule has 0 spiro atoms. The van der Waals surface area contributed by atoms with E-state index in [0.717, 1.165) is 11.3 Å². The lowest BCUT2D eigenvalue weighted by molar-refractivity contribution is -0.148. The van der Waals surface area contributed by atoms with Gasteiger partial charge in [0.1, 0.15) is 0 Å². The van der Waals surface area contributed by atoms with Gasteiger partial charge in [-0.25, -0.2) is 0 Å². The molecule has 1 aromatic heterocycles. The highest BCUT2D eigenvalue weighted by atomic mass is 16.5. The third-order valence-corrected chi connectivity index (χ3v) is 6.70. The van der Waals surface area contributed by atoms with Gasteiger partial charge < -0.3 is 24.1 Å². The van der Waals surface area contributed by atoms with Crippen LogP contribution in [-0.4, -0.2) is 40.7 Å². The van der Waals surface area contributed by atoms with Crippen molar-refractivity contribution >= 4 is 34.3 Å². The maximum atomic E-state index is 13.2. The molecule has 1 saturated heterocycles. The van der Waals surface area contributed by atoms with E-state index in [1.165, 1.54) is 9.13 Å². The van der Waals surface area contributed by atoms with Crippen molar-refractivity contribution in [2.24, 2.45) is 20.0 Å². The number of aromatic nitrogens is 2. The Labute approximate surface area is 202 Å². The molecular weight excluding hydrogens is 448 g/mol. The van der Waals surface area contributed by atoms with Crippen LogP contribution >= 0.6 is 0 Å². The van der Waals surface area contributed by atoms with Crippen LogP contribution in [0.25, 0.3) is 11.0 Å². The van der Waals surface area contributed by atoms with Gasteiger partial charge in [0, 0.05) is 32.7 Å². The third-order valence-electron chi connectivity index (χ3n) is 6.70. The van der Waals surface area contributed by atoms with Crippen molar-refractivity contribution in [3.63, 3.8) is 0 Å². The minimum Gasteiger partial charge on any atom is -0.466 e. The standard InChI is InChI=1S/C26H30N4O5/c1-5-35-26(34)17-10-12-30(13-11-17)20-15-22-21(28(3)24(32)25(33)29(22)4)14-19(20)27-23(31)18-9-7-6-8-16(18)2/h6-9,14-15,17H,5,10-13H2,1-4H3,(H,27,31). The number of fused-ring (bicyclic) bond motifs is 1. The first-order valence-corrected chi connectivity index (χ1v) is 11.7.